The third-order valence-corrected chi connectivity index (χ3v) is 5.89. The second-order valence-corrected chi connectivity index (χ2v) is 7.27. The molecule has 21 heavy (non-hydrogen) atoms. The van der Waals surface area contributed by atoms with Gasteiger partial charge < -0.3 is 5.32 Å². The van der Waals surface area contributed by atoms with E-state index in [9.17, 15) is 0 Å². The number of piperazine rings is 1. The molecule has 108 valence electrons. The van der Waals surface area contributed by atoms with Crippen molar-refractivity contribution in [3.8, 4) is 0 Å². The van der Waals surface area contributed by atoms with Gasteiger partial charge in [-0.1, -0.05) is 18.2 Å². The van der Waals surface area contributed by atoms with E-state index in [-0.39, 0.29) is 0 Å². The number of hydrogen-bond acceptors (Lipinski definition) is 5. The normalized spacial score (nSPS) is 18.1. The molecule has 1 aliphatic heterocycles. The maximum atomic E-state index is 4.91. The Kier molecular flexibility index (Phi) is 3.73. The van der Waals surface area contributed by atoms with Crippen LogP contribution in [0.1, 0.15) is 15.9 Å². The molecule has 0 bridgehead atoms. The van der Waals surface area contributed by atoms with Crippen LogP contribution in [0.25, 0.3) is 10.2 Å². The zero-order valence-electron chi connectivity index (χ0n) is 11.7. The fourth-order valence-electron chi connectivity index (χ4n) is 2.85. The van der Waals surface area contributed by atoms with Gasteiger partial charge in [0.2, 0.25) is 0 Å². The average molecular weight is 315 g/mol. The summed E-state index contributed by atoms with van der Waals surface area (Å²) in [6, 6.07) is 13.1. The molecule has 0 amide bonds. The van der Waals surface area contributed by atoms with Crippen LogP contribution in [0.3, 0.4) is 0 Å². The van der Waals surface area contributed by atoms with Crippen LogP contribution in [-0.2, 0) is 0 Å². The Balaban J connectivity index is 1.77. The largest absolute Gasteiger partial charge is 0.314 e. The number of para-hydroxylation sites is 1. The lowest BCUT2D eigenvalue weighted by atomic mass is 10.2. The lowest BCUT2D eigenvalue weighted by Crippen LogP contribution is -2.45. The van der Waals surface area contributed by atoms with Gasteiger partial charge in [-0.2, -0.15) is 0 Å². The minimum atomic E-state index is 0.310. The molecule has 1 N–H and O–H groups in total. The predicted molar refractivity (Wildman–Crippen MR) is 90.2 cm³/mol. The zero-order chi connectivity index (χ0) is 14.1. The number of nitrogens with zero attached hydrogens (tertiary/aromatic N) is 2. The van der Waals surface area contributed by atoms with E-state index in [0.29, 0.717) is 6.04 Å². The minimum Gasteiger partial charge on any atom is -0.314 e. The van der Waals surface area contributed by atoms with Crippen LogP contribution in [0.4, 0.5) is 0 Å². The number of aromatic nitrogens is 1. The molecule has 0 saturated carbocycles. The fraction of sp³-hybridized carbons (Fsp3) is 0.312. The highest BCUT2D eigenvalue weighted by atomic mass is 32.1. The summed E-state index contributed by atoms with van der Waals surface area (Å²) < 4.78 is 1.28. The van der Waals surface area contributed by atoms with Crippen LogP contribution < -0.4 is 5.32 Å². The van der Waals surface area contributed by atoms with E-state index in [4.69, 9.17) is 4.98 Å². The monoisotopic (exact) mass is 315 g/mol. The fourth-order valence-corrected chi connectivity index (χ4v) is 4.91. The molecule has 0 radical (unpaired) electrons. The summed E-state index contributed by atoms with van der Waals surface area (Å²) in [6.07, 6.45) is 0. The first-order valence-corrected chi connectivity index (χ1v) is 8.95. The van der Waals surface area contributed by atoms with E-state index in [2.05, 4.69) is 52.0 Å². The summed E-state index contributed by atoms with van der Waals surface area (Å²) in [5, 5.41) is 6.82. The van der Waals surface area contributed by atoms with Crippen LogP contribution in [0.5, 0.6) is 0 Å². The number of fused-ring (bicyclic) bond motifs is 1. The van der Waals surface area contributed by atoms with E-state index in [1.165, 1.54) is 14.6 Å². The molecule has 5 heteroatoms. The van der Waals surface area contributed by atoms with Crippen molar-refractivity contribution in [1.82, 2.24) is 15.2 Å². The number of thiazole rings is 1. The number of nitrogens with one attached hydrogen (secondary N) is 1. The van der Waals surface area contributed by atoms with Crippen molar-refractivity contribution >= 4 is 32.9 Å². The molecular formula is C16H17N3S2. The lowest BCUT2D eigenvalue weighted by Gasteiger charge is -2.33. The highest BCUT2D eigenvalue weighted by Gasteiger charge is 2.27. The van der Waals surface area contributed by atoms with Crippen LogP contribution in [0, 0.1) is 0 Å². The molecule has 0 aliphatic carbocycles. The standard InChI is InChI=1S/C16H17N3S2/c1-2-5-13-12(4-1)18-16(21-13)15(14-6-3-11-20-14)19-9-7-17-8-10-19/h1-6,11,15,17H,7-10H2. The molecule has 3 nitrogen and oxygen atoms in total. The Morgan fingerprint density at radius 3 is 2.71 bits per heavy atom. The van der Waals surface area contributed by atoms with Gasteiger partial charge in [-0.25, -0.2) is 4.98 Å². The summed E-state index contributed by atoms with van der Waals surface area (Å²) in [7, 11) is 0. The molecule has 3 heterocycles. The highest BCUT2D eigenvalue weighted by Crippen LogP contribution is 2.36. The Bertz CT molecular complexity index is 681. The van der Waals surface area contributed by atoms with Gasteiger partial charge in [-0.05, 0) is 23.6 Å². The topological polar surface area (TPSA) is 28.2 Å². The van der Waals surface area contributed by atoms with Gasteiger partial charge in [0.15, 0.2) is 0 Å². The molecule has 3 aromatic rings. The molecule has 1 saturated heterocycles. The Morgan fingerprint density at radius 1 is 1.10 bits per heavy atom. The molecule has 2 aromatic heterocycles. The molecule has 1 fully saturated rings. The van der Waals surface area contributed by atoms with Crippen molar-refractivity contribution in [1.29, 1.82) is 0 Å². The van der Waals surface area contributed by atoms with E-state index in [1.54, 1.807) is 0 Å². The van der Waals surface area contributed by atoms with Crippen LogP contribution in [0.15, 0.2) is 41.8 Å². The predicted octanol–water partition coefficient (Wildman–Crippen LogP) is 3.35. The smallest absolute Gasteiger partial charge is 0.116 e. The van der Waals surface area contributed by atoms with E-state index < -0.39 is 0 Å². The Hall–Kier alpha value is -1.27. The van der Waals surface area contributed by atoms with Crippen LogP contribution in [-0.4, -0.2) is 36.1 Å². The number of thiophene rings is 1. The number of rotatable bonds is 3. The van der Waals surface area contributed by atoms with E-state index in [0.717, 1.165) is 31.7 Å². The van der Waals surface area contributed by atoms with Gasteiger partial charge >= 0.3 is 0 Å². The third kappa shape index (κ3) is 2.62. The van der Waals surface area contributed by atoms with Gasteiger partial charge in [0.25, 0.3) is 0 Å². The van der Waals surface area contributed by atoms with E-state index in [1.807, 2.05) is 22.7 Å². The maximum absolute atomic E-state index is 4.91. The van der Waals surface area contributed by atoms with Crippen molar-refractivity contribution < 1.29 is 0 Å². The van der Waals surface area contributed by atoms with Gasteiger partial charge in [0, 0.05) is 31.1 Å². The Labute approximate surface area is 132 Å². The SMILES string of the molecule is c1csc(C(c2nc3ccccc3s2)N2CCNCC2)c1. The van der Waals surface area contributed by atoms with Crippen molar-refractivity contribution in [2.24, 2.45) is 0 Å². The maximum Gasteiger partial charge on any atom is 0.116 e. The first-order chi connectivity index (χ1) is 10.4. The minimum absolute atomic E-state index is 0.310. The summed E-state index contributed by atoms with van der Waals surface area (Å²) >= 11 is 3.66. The molecule has 1 atom stereocenters. The summed E-state index contributed by atoms with van der Waals surface area (Å²) in [6.45, 7) is 4.29. The highest BCUT2D eigenvalue weighted by molar-refractivity contribution is 7.18. The van der Waals surface area contributed by atoms with Crippen molar-refractivity contribution in [2.45, 2.75) is 6.04 Å². The van der Waals surface area contributed by atoms with Crippen molar-refractivity contribution in [2.75, 3.05) is 26.2 Å². The molecule has 1 unspecified atom stereocenters. The zero-order valence-corrected chi connectivity index (χ0v) is 13.3. The molecule has 1 aromatic carbocycles. The van der Waals surface area contributed by atoms with Crippen LogP contribution >= 0.6 is 22.7 Å². The lowest BCUT2D eigenvalue weighted by molar-refractivity contribution is 0.200. The number of benzene rings is 1. The molecular weight excluding hydrogens is 298 g/mol. The summed E-state index contributed by atoms with van der Waals surface area (Å²) in [4.78, 5) is 8.86. The second-order valence-electron chi connectivity index (χ2n) is 5.22. The Morgan fingerprint density at radius 2 is 1.95 bits per heavy atom. The van der Waals surface area contributed by atoms with Gasteiger partial charge in [-0.15, -0.1) is 22.7 Å². The molecule has 0 spiro atoms. The summed E-state index contributed by atoms with van der Waals surface area (Å²) in [5.41, 5.74) is 1.12. The van der Waals surface area contributed by atoms with E-state index >= 15 is 0 Å². The number of hydrogen-bond donors (Lipinski definition) is 1. The van der Waals surface area contributed by atoms with Crippen molar-refractivity contribution in [3.05, 3.63) is 51.7 Å². The van der Waals surface area contributed by atoms with Crippen molar-refractivity contribution in [3.63, 3.8) is 0 Å². The van der Waals surface area contributed by atoms with Gasteiger partial charge in [-0.3, -0.25) is 4.90 Å². The summed E-state index contributed by atoms with van der Waals surface area (Å²) in [5.74, 6) is 0. The van der Waals surface area contributed by atoms with Gasteiger partial charge in [0.05, 0.1) is 16.3 Å². The average Bonchev–Trinajstić information content (AvgIpc) is 3.18. The first-order valence-electron chi connectivity index (χ1n) is 7.25. The molecule has 4 rings (SSSR count). The first kappa shape index (κ1) is 13.4. The van der Waals surface area contributed by atoms with Gasteiger partial charge in [0.1, 0.15) is 5.01 Å². The quantitative estimate of drug-likeness (QED) is 0.803. The van der Waals surface area contributed by atoms with Crippen LogP contribution in [0.2, 0.25) is 0 Å². The second kappa shape index (κ2) is 5.85. The molecule has 1 aliphatic rings. The third-order valence-electron chi connectivity index (χ3n) is 3.87.